The number of hydrogen-bond donors (Lipinski definition) is 2. The van der Waals surface area contributed by atoms with Gasteiger partial charge in [-0.1, -0.05) is 15.9 Å². The van der Waals surface area contributed by atoms with E-state index in [0.29, 0.717) is 10.4 Å². The van der Waals surface area contributed by atoms with E-state index < -0.39 is 11.4 Å². The molecule has 1 aromatic rings. The Labute approximate surface area is 126 Å². The number of hydrogen-bond acceptors (Lipinski definition) is 3. The third kappa shape index (κ3) is 2.85. The Morgan fingerprint density at radius 1 is 1.40 bits per heavy atom. The summed E-state index contributed by atoms with van der Waals surface area (Å²) in [6, 6.07) is 4.49. The lowest BCUT2D eigenvalue weighted by atomic mass is 9.92. The summed E-state index contributed by atoms with van der Waals surface area (Å²) in [7, 11) is 0. The Hall–Kier alpha value is -1.43. The Bertz CT molecular complexity index is 595. The van der Waals surface area contributed by atoms with Gasteiger partial charge in [0.2, 0.25) is 0 Å². The molecule has 1 aromatic carbocycles. The van der Waals surface area contributed by atoms with Crippen molar-refractivity contribution in [1.29, 1.82) is 0 Å². The molecule has 4 nitrogen and oxygen atoms in total. The molecule has 2 N–H and O–H groups in total. The van der Waals surface area contributed by atoms with Crippen LogP contribution in [0.2, 0.25) is 0 Å². The van der Waals surface area contributed by atoms with E-state index in [-0.39, 0.29) is 17.0 Å². The number of amides is 1. The molecule has 1 atom stereocenters. The maximum Gasteiger partial charge on any atom is 0.259 e. The Morgan fingerprint density at radius 2 is 2.05 bits per heavy atom. The van der Waals surface area contributed by atoms with Crippen LogP contribution in [0.1, 0.15) is 33.3 Å². The minimum Gasteiger partial charge on any atom is -0.351 e. The van der Waals surface area contributed by atoms with Crippen LogP contribution in [0.4, 0.5) is 4.39 Å². The Morgan fingerprint density at radius 3 is 2.65 bits per heavy atom. The second kappa shape index (κ2) is 4.84. The van der Waals surface area contributed by atoms with E-state index in [2.05, 4.69) is 31.6 Å². The Kier molecular flexibility index (Phi) is 3.62. The summed E-state index contributed by atoms with van der Waals surface area (Å²) in [6.45, 7) is 7.47. The fraction of sp³-hybridized carbons (Fsp3) is 0.429. The van der Waals surface area contributed by atoms with Crippen LogP contribution in [0.3, 0.4) is 0 Å². The number of rotatable bonds is 1. The van der Waals surface area contributed by atoms with Crippen LogP contribution in [0.25, 0.3) is 0 Å². The van der Waals surface area contributed by atoms with Gasteiger partial charge in [0.1, 0.15) is 5.82 Å². The topological polar surface area (TPSA) is 53.5 Å². The smallest absolute Gasteiger partial charge is 0.259 e. The first kappa shape index (κ1) is 15.0. The van der Waals surface area contributed by atoms with Gasteiger partial charge >= 0.3 is 0 Å². The van der Waals surface area contributed by atoms with E-state index in [0.717, 1.165) is 0 Å². The highest BCUT2D eigenvalue weighted by Gasteiger charge is 2.43. The second-order valence-corrected chi connectivity index (χ2v) is 6.90. The largest absolute Gasteiger partial charge is 0.351 e. The predicted molar refractivity (Wildman–Crippen MR) is 79.9 cm³/mol. The molecule has 0 fully saturated rings. The normalized spacial score (nSPS) is 22.5. The molecule has 20 heavy (non-hydrogen) atoms. The molecular formula is C14H17BrFN3O. The average molecular weight is 342 g/mol. The molecule has 0 spiro atoms. The lowest BCUT2D eigenvalue weighted by molar-refractivity contribution is -0.123. The van der Waals surface area contributed by atoms with Gasteiger partial charge in [-0.05, 0) is 45.9 Å². The van der Waals surface area contributed by atoms with Crippen molar-refractivity contribution >= 4 is 27.8 Å². The molecule has 1 heterocycles. The van der Waals surface area contributed by atoms with Crippen LogP contribution in [0.5, 0.6) is 0 Å². The fourth-order valence-electron chi connectivity index (χ4n) is 2.00. The highest BCUT2D eigenvalue weighted by Crippen LogP contribution is 2.32. The van der Waals surface area contributed by atoms with Gasteiger partial charge in [-0.15, -0.1) is 0 Å². The molecule has 0 saturated carbocycles. The van der Waals surface area contributed by atoms with Gasteiger partial charge in [0.05, 0.1) is 0 Å². The number of guanidine groups is 1. The van der Waals surface area contributed by atoms with E-state index in [1.54, 1.807) is 19.1 Å². The van der Waals surface area contributed by atoms with E-state index in [1.165, 1.54) is 6.07 Å². The van der Waals surface area contributed by atoms with E-state index in [1.807, 2.05) is 20.8 Å². The van der Waals surface area contributed by atoms with Crippen molar-refractivity contribution in [3.05, 3.63) is 34.1 Å². The number of nitrogens with zero attached hydrogens (tertiary/aromatic N) is 1. The van der Waals surface area contributed by atoms with Gasteiger partial charge in [0.15, 0.2) is 11.5 Å². The number of carbonyl (C=O) groups is 1. The number of aliphatic imine (C=N–C) groups is 1. The van der Waals surface area contributed by atoms with E-state index in [4.69, 9.17) is 0 Å². The first-order valence-corrected chi connectivity index (χ1v) is 7.06. The van der Waals surface area contributed by atoms with Crippen molar-refractivity contribution in [2.45, 2.75) is 38.8 Å². The van der Waals surface area contributed by atoms with Gasteiger partial charge in [-0.3, -0.25) is 10.1 Å². The van der Waals surface area contributed by atoms with Crippen LogP contribution >= 0.6 is 15.9 Å². The first-order valence-electron chi connectivity index (χ1n) is 6.27. The average Bonchev–Trinajstić information content (AvgIpc) is 2.56. The third-order valence-electron chi connectivity index (χ3n) is 2.96. The number of benzene rings is 1. The molecule has 108 valence electrons. The number of nitrogens with one attached hydrogen (secondary N) is 2. The van der Waals surface area contributed by atoms with Crippen molar-refractivity contribution in [2.75, 3.05) is 0 Å². The molecule has 0 bridgehead atoms. The summed E-state index contributed by atoms with van der Waals surface area (Å²) in [5.41, 5.74) is -1.26. The van der Waals surface area contributed by atoms with Gasteiger partial charge < -0.3 is 5.32 Å². The van der Waals surface area contributed by atoms with Crippen LogP contribution in [-0.2, 0) is 10.3 Å². The van der Waals surface area contributed by atoms with E-state index >= 15 is 0 Å². The SMILES string of the molecule is CC(C)(C)NC1=NC(C)(c2cc(Br)ccc2F)C(=O)N1. The maximum atomic E-state index is 14.0. The summed E-state index contributed by atoms with van der Waals surface area (Å²) in [5.74, 6) is -0.433. The monoisotopic (exact) mass is 341 g/mol. The zero-order valence-electron chi connectivity index (χ0n) is 11.8. The molecule has 1 amide bonds. The lowest BCUT2D eigenvalue weighted by Gasteiger charge is -2.21. The van der Waals surface area contributed by atoms with Crippen LogP contribution in [0, 0.1) is 5.82 Å². The summed E-state index contributed by atoms with van der Waals surface area (Å²) in [6.07, 6.45) is 0. The van der Waals surface area contributed by atoms with Crippen LogP contribution < -0.4 is 10.6 Å². The molecule has 1 unspecified atom stereocenters. The zero-order valence-corrected chi connectivity index (χ0v) is 13.4. The summed E-state index contributed by atoms with van der Waals surface area (Å²) >= 11 is 3.29. The van der Waals surface area contributed by atoms with Crippen molar-refractivity contribution in [1.82, 2.24) is 10.6 Å². The van der Waals surface area contributed by atoms with E-state index in [9.17, 15) is 9.18 Å². The molecule has 0 aliphatic carbocycles. The quantitative estimate of drug-likeness (QED) is 0.825. The van der Waals surface area contributed by atoms with Crippen LogP contribution in [-0.4, -0.2) is 17.4 Å². The minimum atomic E-state index is -1.26. The molecule has 0 radical (unpaired) electrons. The first-order chi connectivity index (χ1) is 9.12. The molecule has 6 heteroatoms. The highest BCUT2D eigenvalue weighted by molar-refractivity contribution is 9.10. The molecule has 1 aliphatic rings. The van der Waals surface area contributed by atoms with Gasteiger partial charge in [-0.2, -0.15) is 0 Å². The lowest BCUT2D eigenvalue weighted by Crippen LogP contribution is -2.47. The number of carbonyl (C=O) groups excluding carboxylic acids is 1. The third-order valence-corrected chi connectivity index (χ3v) is 3.45. The molecule has 1 aliphatic heterocycles. The van der Waals surface area contributed by atoms with Crippen LogP contribution in [0.15, 0.2) is 27.7 Å². The minimum absolute atomic E-state index is 0.243. The summed E-state index contributed by atoms with van der Waals surface area (Å²) < 4.78 is 14.7. The van der Waals surface area contributed by atoms with Gasteiger partial charge in [-0.25, -0.2) is 9.38 Å². The standard InChI is InChI=1S/C14H17BrFN3O/c1-13(2,3)18-12-17-11(20)14(4,19-12)9-7-8(15)5-6-10(9)16/h5-7H,1-4H3,(H2,17,18,19,20). The van der Waals surface area contributed by atoms with Crippen molar-refractivity contribution in [3.63, 3.8) is 0 Å². The van der Waals surface area contributed by atoms with Crippen molar-refractivity contribution < 1.29 is 9.18 Å². The maximum absolute atomic E-state index is 14.0. The molecular weight excluding hydrogens is 325 g/mol. The van der Waals surface area contributed by atoms with Gasteiger partial charge in [0.25, 0.3) is 5.91 Å². The zero-order chi connectivity index (χ0) is 15.1. The predicted octanol–water partition coefficient (Wildman–Crippen LogP) is 2.68. The van der Waals surface area contributed by atoms with Crippen molar-refractivity contribution in [2.24, 2.45) is 4.99 Å². The molecule has 2 rings (SSSR count). The molecule has 0 saturated heterocycles. The van der Waals surface area contributed by atoms with Crippen molar-refractivity contribution in [3.8, 4) is 0 Å². The molecule has 0 aromatic heterocycles. The fourth-order valence-corrected chi connectivity index (χ4v) is 2.36. The second-order valence-electron chi connectivity index (χ2n) is 5.99. The highest BCUT2D eigenvalue weighted by atomic mass is 79.9. The summed E-state index contributed by atoms with van der Waals surface area (Å²) in [4.78, 5) is 16.6. The number of halogens is 2. The Balaban J connectivity index is 2.43. The summed E-state index contributed by atoms with van der Waals surface area (Å²) in [5, 5.41) is 5.76. The van der Waals surface area contributed by atoms with Gasteiger partial charge in [0, 0.05) is 15.6 Å².